The van der Waals surface area contributed by atoms with Crippen LogP contribution in [-0.4, -0.2) is 13.0 Å². The van der Waals surface area contributed by atoms with E-state index in [1.54, 1.807) is 7.11 Å². The Morgan fingerprint density at radius 2 is 1.33 bits per heavy atom. The third-order valence-electron chi connectivity index (χ3n) is 4.84. The number of carbonyl (C=O) groups is 1. The molecule has 1 aliphatic heterocycles. The predicted molar refractivity (Wildman–Crippen MR) is 109 cm³/mol. The van der Waals surface area contributed by atoms with Crippen molar-refractivity contribution in [2.45, 2.75) is 12.8 Å². The summed E-state index contributed by atoms with van der Waals surface area (Å²) in [5.74, 6) is 0.904. The molecule has 0 unspecified atom stereocenters. The standard InChI is InChI=1S/C24H21NO2/c1-27-21-14-12-20(13-15-21)25-22(16-17-23(25)26)24(18-8-4-2-5-9-18)19-10-6-3-7-11-19/h2-15H,16-17H2,1H3. The average molecular weight is 355 g/mol. The summed E-state index contributed by atoms with van der Waals surface area (Å²) in [5.41, 5.74) is 5.26. The maximum absolute atomic E-state index is 12.8. The van der Waals surface area contributed by atoms with E-state index < -0.39 is 0 Å². The number of carbonyl (C=O) groups excluding carboxylic acids is 1. The molecule has 0 spiro atoms. The van der Waals surface area contributed by atoms with E-state index in [9.17, 15) is 4.79 Å². The van der Waals surface area contributed by atoms with Gasteiger partial charge in [0.1, 0.15) is 5.75 Å². The quantitative estimate of drug-likeness (QED) is 0.637. The molecule has 0 aliphatic carbocycles. The van der Waals surface area contributed by atoms with Crippen LogP contribution in [0.3, 0.4) is 0 Å². The molecule has 1 heterocycles. The van der Waals surface area contributed by atoms with Gasteiger partial charge in [-0.2, -0.15) is 0 Å². The molecule has 1 fully saturated rings. The summed E-state index contributed by atoms with van der Waals surface area (Å²) in [6.45, 7) is 0. The zero-order chi connectivity index (χ0) is 18.6. The number of hydrogen-bond acceptors (Lipinski definition) is 2. The van der Waals surface area contributed by atoms with Gasteiger partial charge < -0.3 is 4.74 Å². The minimum Gasteiger partial charge on any atom is -0.497 e. The highest BCUT2D eigenvalue weighted by Crippen LogP contribution is 2.38. The van der Waals surface area contributed by atoms with Gasteiger partial charge in [0.05, 0.1) is 7.11 Å². The first kappa shape index (κ1) is 17.1. The van der Waals surface area contributed by atoms with Crippen LogP contribution in [-0.2, 0) is 4.79 Å². The number of nitrogens with zero attached hydrogens (tertiary/aromatic N) is 1. The first-order valence-electron chi connectivity index (χ1n) is 9.09. The lowest BCUT2D eigenvalue weighted by Gasteiger charge is -2.23. The molecule has 1 saturated heterocycles. The Bertz CT molecular complexity index is 919. The van der Waals surface area contributed by atoms with Gasteiger partial charge >= 0.3 is 0 Å². The molecular weight excluding hydrogens is 334 g/mol. The van der Waals surface area contributed by atoms with Crippen molar-refractivity contribution in [3.63, 3.8) is 0 Å². The molecule has 1 aliphatic rings. The molecule has 0 aromatic heterocycles. The second-order valence-electron chi connectivity index (χ2n) is 6.48. The van der Waals surface area contributed by atoms with Crippen molar-refractivity contribution in [1.29, 1.82) is 0 Å². The number of benzene rings is 3. The molecule has 3 nitrogen and oxygen atoms in total. The highest BCUT2D eigenvalue weighted by atomic mass is 16.5. The minimum atomic E-state index is 0.125. The molecule has 134 valence electrons. The molecule has 0 saturated carbocycles. The maximum atomic E-state index is 12.8. The largest absolute Gasteiger partial charge is 0.497 e. The van der Waals surface area contributed by atoms with Crippen LogP contribution >= 0.6 is 0 Å². The molecule has 4 rings (SSSR count). The maximum Gasteiger partial charge on any atom is 0.231 e. The lowest BCUT2D eigenvalue weighted by atomic mass is 9.95. The Labute approximate surface area is 159 Å². The van der Waals surface area contributed by atoms with E-state index in [2.05, 4.69) is 24.3 Å². The van der Waals surface area contributed by atoms with Crippen molar-refractivity contribution in [1.82, 2.24) is 0 Å². The Morgan fingerprint density at radius 1 is 0.778 bits per heavy atom. The van der Waals surface area contributed by atoms with Crippen LogP contribution in [0, 0.1) is 0 Å². The second kappa shape index (κ2) is 7.50. The SMILES string of the molecule is COc1ccc(N2C(=O)CCC2=C(c2ccccc2)c2ccccc2)cc1. The molecule has 0 N–H and O–H groups in total. The Morgan fingerprint density at radius 3 is 1.85 bits per heavy atom. The van der Waals surface area contributed by atoms with Gasteiger partial charge in [-0.15, -0.1) is 0 Å². The van der Waals surface area contributed by atoms with E-state index >= 15 is 0 Å². The van der Waals surface area contributed by atoms with Crippen LogP contribution in [0.4, 0.5) is 5.69 Å². The summed E-state index contributed by atoms with van der Waals surface area (Å²) in [4.78, 5) is 14.6. The molecule has 1 amide bonds. The summed E-state index contributed by atoms with van der Waals surface area (Å²) in [6.07, 6.45) is 1.24. The summed E-state index contributed by atoms with van der Waals surface area (Å²) >= 11 is 0. The number of ether oxygens (including phenoxy) is 1. The summed E-state index contributed by atoms with van der Waals surface area (Å²) < 4.78 is 5.26. The topological polar surface area (TPSA) is 29.5 Å². The van der Waals surface area contributed by atoms with Gasteiger partial charge in [-0.05, 0) is 41.8 Å². The molecular formula is C24H21NO2. The summed E-state index contributed by atoms with van der Waals surface area (Å²) in [6, 6.07) is 28.2. The minimum absolute atomic E-state index is 0.125. The second-order valence-corrected chi connectivity index (χ2v) is 6.48. The summed E-state index contributed by atoms with van der Waals surface area (Å²) in [5, 5.41) is 0. The smallest absolute Gasteiger partial charge is 0.231 e. The van der Waals surface area contributed by atoms with Crippen molar-refractivity contribution >= 4 is 17.2 Å². The number of anilines is 1. The first-order valence-corrected chi connectivity index (χ1v) is 9.09. The highest BCUT2D eigenvalue weighted by Gasteiger charge is 2.30. The molecule has 3 aromatic carbocycles. The fraction of sp³-hybridized carbons (Fsp3) is 0.125. The average Bonchev–Trinajstić information content (AvgIpc) is 3.11. The number of amides is 1. The Hall–Kier alpha value is -3.33. The van der Waals surface area contributed by atoms with Gasteiger partial charge in [0.15, 0.2) is 0 Å². The lowest BCUT2D eigenvalue weighted by Crippen LogP contribution is -2.23. The van der Waals surface area contributed by atoms with Crippen molar-refractivity contribution in [3.8, 4) is 5.75 Å². The fourth-order valence-electron chi connectivity index (χ4n) is 3.58. The van der Waals surface area contributed by atoms with Crippen LogP contribution in [0.15, 0.2) is 90.6 Å². The van der Waals surface area contributed by atoms with Crippen LogP contribution in [0.5, 0.6) is 5.75 Å². The zero-order valence-corrected chi connectivity index (χ0v) is 15.3. The zero-order valence-electron chi connectivity index (χ0n) is 15.3. The third-order valence-corrected chi connectivity index (χ3v) is 4.84. The number of rotatable bonds is 4. The van der Waals surface area contributed by atoms with E-state index in [0.29, 0.717) is 6.42 Å². The van der Waals surface area contributed by atoms with E-state index in [1.807, 2.05) is 65.6 Å². The number of methoxy groups -OCH3 is 1. The van der Waals surface area contributed by atoms with E-state index in [-0.39, 0.29) is 5.91 Å². The number of hydrogen-bond donors (Lipinski definition) is 0. The Balaban J connectivity index is 1.90. The van der Waals surface area contributed by atoms with E-state index in [4.69, 9.17) is 4.74 Å². The lowest BCUT2D eigenvalue weighted by molar-refractivity contribution is -0.116. The van der Waals surface area contributed by atoms with E-state index in [1.165, 1.54) is 0 Å². The van der Waals surface area contributed by atoms with Crippen LogP contribution < -0.4 is 9.64 Å². The van der Waals surface area contributed by atoms with Crippen LogP contribution in [0.25, 0.3) is 5.57 Å². The molecule has 0 bridgehead atoms. The van der Waals surface area contributed by atoms with Gasteiger partial charge in [0.2, 0.25) is 5.91 Å². The van der Waals surface area contributed by atoms with Gasteiger partial charge in [0.25, 0.3) is 0 Å². The first-order chi connectivity index (χ1) is 13.3. The molecule has 3 aromatic rings. The highest BCUT2D eigenvalue weighted by molar-refractivity contribution is 6.03. The summed E-state index contributed by atoms with van der Waals surface area (Å²) in [7, 11) is 1.64. The fourth-order valence-corrected chi connectivity index (χ4v) is 3.58. The molecule has 0 radical (unpaired) electrons. The molecule has 27 heavy (non-hydrogen) atoms. The van der Waals surface area contributed by atoms with Crippen molar-refractivity contribution < 1.29 is 9.53 Å². The predicted octanol–water partition coefficient (Wildman–Crippen LogP) is 5.28. The van der Waals surface area contributed by atoms with Crippen molar-refractivity contribution in [2.24, 2.45) is 0 Å². The van der Waals surface area contributed by atoms with Gasteiger partial charge in [0, 0.05) is 23.4 Å². The van der Waals surface area contributed by atoms with Gasteiger partial charge in [-0.1, -0.05) is 60.7 Å². The van der Waals surface area contributed by atoms with E-state index in [0.717, 1.165) is 40.3 Å². The number of allylic oxidation sites excluding steroid dienone is 1. The third kappa shape index (κ3) is 3.36. The van der Waals surface area contributed by atoms with Gasteiger partial charge in [-0.25, -0.2) is 0 Å². The van der Waals surface area contributed by atoms with Crippen LogP contribution in [0.1, 0.15) is 24.0 Å². The molecule has 0 atom stereocenters. The van der Waals surface area contributed by atoms with Gasteiger partial charge in [-0.3, -0.25) is 9.69 Å². The van der Waals surface area contributed by atoms with Crippen molar-refractivity contribution in [3.05, 3.63) is 102 Å². The molecule has 3 heteroatoms. The van der Waals surface area contributed by atoms with Crippen LogP contribution in [0.2, 0.25) is 0 Å². The normalized spacial score (nSPS) is 13.7. The van der Waals surface area contributed by atoms with Crippen molar-refractivity contribution in [2.75, 3.05) is 12.0 Å². The Kier molecular flexibility index (Phi) is 4.75. The monoisotopic (exact) mass is 355 g/mol.